The van der Waals surface area contributed by atoms with Crippen LogP contribution in [0.5, 0.6) is 0 Å². The standard InChI is InChI=1S/C17H15N3O9/c1-2-3-11(21)26-8-9-14-15(29-13(23)5-4-12(22)28-14)16(27-9)20-7-6-10(19-25)18-17(20)24/h4-7,9,14-16,25H,8H2,1H3,(H,18,19,24)/b5-4-/t9-,14-,15-,16-/m1/s1. The summed E-state index contributed by atoms with van der Waals surface area (Å²) in [6, 6.07) is 1.26. The van der Waals surface area contributed by atoms with Gasteiger partial charge in [0.25, 0.3) is 0 Å². The number of nitrogens with one attached hydrogen (secondary N) is 1. The van der Waals surface area contributed by atoms with Gasteiger partial charge in [0.15, 0.2) is 24.3 Å². The Bertz CT molecular complexity index is 974. The number of anilines is 1. The van der Waals surface area contributed by atoms with Crippen LogP contribution in [-0.2, 0) is 33.3 Å². The molecule has 0 aromatic carbocycles. The van der Waals surface area contributed by atoms with Crippen LogP contribution in [0.25, 0.3) is 0 Å². The van der Waals surface area contributed by atoms with Crippen molar-refractivity contribution in [3.8, 4) is 11.8 Å². The number of fused-ring (bicyclic) bond motifs is 1. The predicted octanol–water partition coefficient (Wildman–Crippen LogP) is -1.10. The van der Waals surface area contributed by atoms with Gasteiger partial charge in [0.2, 0.25) is 0 Å². The van der Waals surface area contributed by atoms with Gasteiger partial charge in [-0.1, -0.05) is 5.92 Å². The molecule has 0 saturated carbocycles. The molecule has 2 N–H and O–H groups in total. The number of hydrogen-bond donors (Lipinski definition) is 2. The number of ether oxygens (including phenoxy) is 4. The van der Waals surface area contributed by atoms with Crippen LogP contribution in [0, 0.1) is 11.8 Å². The average molecular weight is 405 g/mol. The van der Waals surface area contributed by atoms with Crippen LogP contribution in [-0.4, -0.2) is 57.6 Å². The quantitative estimate of drug-likeness (QED) is 0.206. The van der Waals surface area contributed by atoms with Crippen molar-refractivity contribution in [2.24, 2.45) is 0 Å². The molecule has 0 amide bonds. The molecule has 12 nitrogen and oxygen atoms in total. The summed E-state index contributed by atoms with van der Waals surface area (Å²) in [4.78, 5) is 51.2. The Morgan fingerprint density at radius 3 is 2.59 bits per heavy atom. The second kappa shape index (κ2) is 8.55. The highest BCUT2D eigenvalue weighted by Gasteiger charge is 2.51. The molecule has 2 aliphatic heterocycles. The molecule has 1 aromatic rings. The van der Waals surface area contributed by atoms with Crippen LogP contribution in [0.3, 0.4) is 0 Å². The highest BCUT2D eigenvalue weighted by atomic mass is 16.7. The summed E-state index contributed by atoms with van der Waals surface area (Å²) in [6.07, 6.45) is -1.71. The molecule has 1 aromatic heterocycles. The summed E-state index contributed by atoms with van der Waals surface area (Å²) in [6.45, 7) is 1.07. The van der Waals surface area contributed by atoms with Crippen LogP contribution in [0.2, 0.25) is 0 Å². The lowest BCUT2D eigenvalue weighted by molar-refractivity contribution is -0.164. The van der Waals surface area contributed by atoms with E-state index in [1.54, 1.807) is 5.48 Å². The molecule has 0 radical (unpaired) electrons. The zero-order valence-corrected chi connectivity index (χ0v) is 14.9. The van der Waals surface area contributed by atoms with Crippen LogP contribution >= 0.6 is 0 Å². The minimum Gasteiger partial charge on any atom is -0.453 e. The number of esters is 3. The van der Waals surface area contributed by atoms with Gasteiger partial charge in [-0.05, 0) is 13.0 Å². The highest BCUT2D eigenvalue weighted by molar-refractivity contribution is 5.92. The van der Waals surface area contributed by atoms with E-state index < -0.39 is 48.1 Å². The summed E-state index contributed by atoms with van der Waals surface area (Å²) < 4.78 is 22.2. The number of carbonyl (C=O) groups excluding carboxylic acids is 3. The van der Waals surface area contributed by atoms with E-state index in [0.717, 1.165) is 16.7 Å². The van der Waals surface area contributed by atoms with Crippen LogP contribution in [0.1, 0.15) is 13.2 Å². The number of aromatic nitrogens is 2. The largest absolute Gasteiger partial charge is 0.453 e. The monoisotopic (exact) mass is 405 g/mol. The SMILES string of the molecule is CC#CC(=O)OC[C@H]1O[C@@H](n2ccc(NO)nc2=O)[C@@H]2OC(=O)/C=C\C(=O)O[C@@H]21. The lowest BCUT2D eigenvalue weighted by Gasteiger charge is -2.25. The summed E-state index contributed by atoms with van der Waals surface area (Å²) in [7, 11) is 0. The van der Waals surface area contributed by atoms with E-state index in [9.17, 15) is 19.2 Å². The zero-order chi connectivity index (χ0) is 21.0. The van der Waals surface area contributed by atoms with Crippen molar-refractivity contribution in [1.29, 1.82) is 0 Å². The summed E-state index contributed by atoms with van der Waals surface area (Å²) in [5.74, 6) is 1.91. The van der Waals surface area contributed by atoms with Crippen molar-refractivity contribution >= 4 is 23.7 Å². The maximum absolute atomic E-state index is 12.3. The maximum Gasteiger partial charge on any atom is 0.384 e. The van der Waals surface area contributed by atoms with Crippen molar-refractivity contribution < 1.29 is 38.5 Å². The van der Waals surface area contributed by atoms with Gasteiger partial charge in [-0.3, -0.25) is 15.3 Å². The first kappa shape index (κ1) is 20.1. The molecule has 29 heavy (non-hydrogen) atoms. The van der Waals surface area contributed by atoms with Crippen LogP contribution in [0.4, 0.5) is 5.82 Å². The Balaban J connectivity index is 1.93. The lowest BCUT2D eigenvalue weighted by Crippen LogP contribution is -2.42. The summed E-state index contributed by atoms with van der Waals surface area (Å²) in [5.41, 5.74) is 0.882. The minimum absolute atomic E-state index is 0.117. The van der Waals surface area contributed by atoms with Crippen molar-refractivity contribution in [1.82, 2.24) is 9.55 Å². The van der Waals surface area contributed by atoms with Gasteiger partial charge in [-0.2, -0.15) is 4.98 Å². The second-order valence-corrected chi connectivity index (χ2v) is 5.79. The molecule has 0 unspecified atom stereocenters. The van der Waals surface area contributed by atoms with Crippen LogP contribution in [0.15, 0.2) is 29.2 Å². The predicted molar refractivity (Wildman–Crippen MR) is 91.1 cm³/mol. The molecule has 1 saturated heterocycles. The van der Waals surface area contributed by atoms with Gasteiger partial charge in [-0.15, -0.1) is 0 Å². The van der Waals surface area contributed by atoms with E-state index >= 15 is 0 Å². The topological polar surface area (TPSA) is 155 Å². The highest BCUT2D eigenvalue weighted by Crippen LogP contribution is 2.34. The fourth-order valence-corrected chi connectivity index (χ4v) is 2.78. The van der Waals surface area contributed by atoms with Crippen LogP contribution < -0.4 is 11.2 Å². The molecular formula is C17H15N3O9. The lowest BCUT2D eigenvalue weighted by atomic mass is 10.1. The van der Waals surface area contributed by atoms with E-state index in [-0.39, 0.29) is 12.4 Å². The van der Waals surface area contributed by atoms with Gasteiger partial charge in [0.05, 0.1) is 0 Å². The van der Waals surface area contributed by atoms with E-state index in [0.29, 0.717) is 0 Å². The maximum atomic E-state index is 12.3. The van der Waals surface area contributed by atoms with Crippen molar-refractivity contribution in [2.45, 2.75) is 31.5 Å². The molecule has 0 bridgehead atoms. The molecular weight excluding hydrogens is 390 g/mol. The Morgan fingerprint density at radius 2 is 1.97 bits per heavy atom. The number of rotatable bonds is 4. The molecule has 4 atom stereocenters. The molecule has 1 fully saturated rings. The van der Waals surface area contributed by atoms with E-state index in [2.05, 4.69) is 16.8 Å². The van der Waals surface area contributed by atoms with Gasteiger partial charge in [0.1, 0.15) is 12.7 Å². The number of carbonyl (C=O) groups is 3. The van der Waals surface area contributed by atoms with Gasteiger partial charge in [-0.25, -0.2) is 19.2 Å². The Morgan fingerprint density at radius 1 is 1.28 bits per heavy atom. The minimum atomic E-state index is -1.24. The Hall–Kier alpha value is -3.69. The van der Waals surface area contributed by atoms with E-state index in [4.69, 9.17) is 24.2 Å². The first-order valence-electron chi connectivity index (χ1n) is 8.26. The first-order valence-corrected chi connectivity index (χ1v) is 8.26. The van der Waals surface area contributed by atoms with E-state index in [1.165, 1.54) is 19.2 Å². The van der Waals surface area contributed by atoms with Crippen molar-refractivity contribution in [3.63, 3.8) is 0 Å². The van der Waals surface area contributed by atoms with Gasteiger partial charge in [0, 0.05) is 24.3 Å². The molecule has 3 rings (SSSR count). The fraction of sp³-hybridized carbons (Fsp3) is 0.353. The third-order valence-electron chi connectivity index (χ3n) is 3.97. The Kier molecular flexibility index (Phi) is 5.91. The van der Waals surface area contributed by atoms with E-state index in [1.807, 2.05) is 0 Å². The summed E-state index contributed by atoms with van der Waals surface area (Å²) >= 11 is 0. The van der Waals surface area contributed by atoms with Crippen molar-refractivity contribution in [3.05, 3.63) is 34.9 Å². The fourth-order valence-electron chi connectivity index (χ4n) is 2.78. The smallest absolute Gasteiger partial charge is 0.384 e. The number of nitrogens with zero attached hydrogens (tertiary/aromatic N) is 2. The third-order valence-corrected chi connectivity index (χ3v) is 3.97. The molecule has 0 spiro atoms. The molecule has 12 heteroatoms. The van der Waals surface area contributed by atoms with Crippen molar-refractivity contribution in [2.75, 3.05) is 12.1 Å². The Labute approximate surface area is 163 Å². The zero-order valence-electron chi connectivity index (χ0n) is 14.9. The molecule has 3 heterocycles. The van der Waals surface area contributed by atoms with Gasteiger partial charge >= 0.3 is 23.6 Å². The molecule has 0 aliphatic carbocycles. The number of hydrogen-bond acceptors (Lipinski definition) is 11. The average Bonchev–Trinajstić information content (AvgIpc) is 3.00. The third kappa shape index (κ3) is 4.42. The second-order valence-electron chi connectivity index (χ2n) is 5.79. The molecule has 152 valence electrons. The van der Waals surface area contributed by atoms with Gasteiger partial charge < -0.3 is 18.9 Å². The normalized spacial score (nSPS) is 26.6. The first-order chi connectivity index (χ1) is 13.9. The summed E-state index contributed by atoms with van der Waals surface area (Å²) in [5, 5.41) is 8.86. The molecule has 2 aliphatic rings.